The van der Waals surface area contributed by atoms with Gasteiger partial charge in [-0.15, -0.1) is 6.58 Å². The van der Waals surface area contributed by atoms with Crippen LogP contribution >= 0.6 is 0 Å². The largest absolute Gasteiger partial charge is 0.103 e. The molecule has 0 rings (SSSR count). The van der Waals surface area contributed by atoms with Crippen molar-refractivity contribution in [1.82, 2.24) is 0 Å². The minimum absolute atomic E-state index is 0.768. The summed E-state index contributed by atoms with van der Waals surface area (Å²) in [5, 5.41) is 0. The molecule has 0 aromatic heterocycles. The second-order valence-corrected chi connectivity index (χ2v) is 9.77. The second-order valence-electron chi connectivity index (χ2n) is 4.37. The van der Waals surface area contributed by atoms with Gasteiger partial charge in [-0.2, -0.15) is 0 Å². The molecule has 0 aromatic rings. The van der Waals surface area contributed by atoms with Crippen molar-refractivity contribution < 1.29 is 0 Å². The molecule has 0 saturated carbocycles. The zero-order valence-electron chi connectivity index (χ0n) is 7.94. The van der Waals surface area contributed by atoms with E-state index in [9.17, 15) is 0 Å². The van der Waals surface area contributed by atoms with E-state index in [4.69, 9.17) is 0 Å². The van der Waals surface area contributed by atoms with Crippen LogP contribution in [0.5, 0.6) is 0 Å². The summed E-state index contributed by atoms with van der Waals surface area (Å²) in [6.45, 7) is 15.7. The van der Waals surface area contributed by atoms with E-state index in [1.54, 1.807) is 0 Å². The molecule has 0 radical (unpaired) electrons. The monoisotopic (exact) mass is 156 g/mol. The van der Waals surface area contributed by atoms with Crippen LogP contribution in [0.25, 0.3) is 0 Å². The molecule has 0 aliphatic carbocycles. The first kappa shape index (κ1) is 9.96. The van der Waals surface area contributed by atoms with E-state index in [-0.39, 0.29) is 0 Å². The van der Waals surface area contributed by atoms with Crippen molar-refractivity contribution >= 4 is 8.07 Å². The molecule has 0 spiro atoms. The van der Waals surface area contributed by atoms with Gasteiger partial charge in [0.15, 0.2) is 0 Å². The van der Waals surface area contributed by atoms with Crippen LogP contribution in [-0.4, -0.2) is 8.07 Å². The third kappa shape index (κ3) is 2.69. The van der Waals surface area contributed by atoms with Gasteiger partial charge in [0, 0.05) is 0 Å². The molecule has 0 bridgehead atoms. The molecule has 0 N–H and O–H groups in total. The van der Waals surface area contributed by atoms with Gasteiger partial charge in [0.25, 0.3) is 0 Å². The van der Waals surface area contributed by atoms with Gasteiger partial charge in [-0.25, -0.2) is 0 Å². The molecule has 1 unspecified atom stereocenters. The first-order chi connectivity index (χ1) is 4.39. The molecule has 0 aromatic carbocycles. The zero-order chi connectivity index (χ0) is 8.36. The van der Waals surface area contributed by atoms with Gasteiger partial charge < -0.3 is 0 Å². The smallest absolute Gasteiger partial charge is 0.0516 e. The van der Waals surface area contributed by atoms with E-state index in [0.29, 0.717) is 0 Å². The summed E-state index contributed by atoms with van der Waals surface area (Å²) in [6, 6.07) is 0. The van der Waals surface area contributed by atoms with Crippen molar-refractivity contribution in [2.24, 2.45) is 5.92 Å². The fourth-order valence-electron chi connectivity index (χ4n) is 1.63. The van der Waals surface area contributed by atoms with Gasteiger partial charge in [-0.3, -0.25) is 0 Å². The van der Waals surface area contributed by atoms with Crippen LogP contribution in [0.1, 0.15) is 13.8 Å². The third-order valence-corrected chi connectivity index (χ3v) is 4.87. The van der Waals surface area contributed by atoms with Gasteiger partial charge in [0.1, 0.15) is 0 Å². The third-order valence-electron chi connectivity index (χ3n) is 1.97. The molecule has 0 amide bonds. The summed E-state index contributed by atoms with van der Waals surface area (Å²) in [4.78, 5) is 0. The highest BCUT2D eigenvalue weighted by molar-refractivity contribution is 6.78. The van der Waals surface area contributed by atoms with Gasteiger partial charge in [0.05, 0.1) is 8.07 Å². The summed E-state index contributed by atoms with van der Waals surface area (Å²) in [5.74, 6) is 0.768. The predicted molar refractivity (Wildman–Crippen MR) is 52.1 cm³/mol. The summed E-state index contributed by atoms with van der Waals surface area (Å²) in [7, 11) is -0.968. The van der Waals surface area contributed by atoms with E-state index in [1.807, 2.05) is 0 Å². The fraction of sp³-hybridized carbons (Fsp3) is 0.778. The number of hydrogen-bond donors (Lipinski definition) is 0. The summed E-state index contributed by atoms with van der Waals surface area (Å²) >= 11 is 0. The molecule has 10 heavy (non-hydrogen) atoms. The van der Waals surface area contributed by atoms with Gasteiger partial charge >= 0.3 is 0 Å². The maximum Gasteiger partial charge on any atom is 0.0516 e. The maximum atomic E-state index is 3.88. The van der Waals surface area contributed by atoms with Gasteiger partial charge in [-0.1, -0.05) is 39.6 Å². The molecule has 0 nitrogen and oxygen atoms in total. The molecule has 0 aliphatic rings. The van der Waals surface area contributed by atoms with Gasteiger partial charge in [-0.05, 0) is 11.5 Å². The van der Waals surface area contributed by atoms with E-state index in [2.05, 4.69) is 46.1 Å². The fourth-order valence-corrected chi connectivity index (χ4v) is 4.33. The molecule has 0 fully saturated rings. The Kier molecular flexibility index (Phi) is 3.36. The Hall–Kier alpha value is -0.0431. The highest BCUT2D eigenvalue weighted by Crippen LogP contribution is 2.30. The van der Waals surface area contributed by atoms with Crippen molar-refractivity contribution in [1.29, 1.82) is 0 Å². The Morgan fingerprint density at radius 1 is 1.20 bits per heavy atom. The molecule has 1 atom stereocenters. The van der Waals surface area contributed by atoms with Crippen LogP contribution in [0.2, 0.25) is 25.2 Å². The van der Waals surface area contributed by atoms with Crippen LogP contribution in [0.15, 0.2) is 12.7 Å². The van der Waals surface area contributed by atoms with Crippen molar-refractivity contribution in [3.8, 4) is 0 Å². The Bertz CT molecular complexity index is 108. The summed E-state index contributed by atoms with van der Waals surface area (Å²) < 4.78 is 0. The second kappa shape index (κ2) is 3.38. The first-order valence-corrected chi connectivity index (χ1v) is 7.60. The lowest BCUT2D eigenvalue weighted by atomic mass is 10.1. The van der Waals surface area contributed by atoms with Crippen LogP contribution in [0.3, 0.4) is 0 Å². The van der Waals surface area contributed by atoms with Crippen molar-refractivity contribution in [2.45, 2.75) is 39.0 Å². The standard InChI is InChI=1S/C9H20Si/c1-7-9(8(2)3)10(4,5)6/h7-9H,1H2,2-6H3. The Morgan fingerprint density at radius 3 is 1.60 bits per heavy atom. The average Bonchev–Trinajstić information content (AvgIpc) is 1.60. The van der Waals surface area contributed by atoms with Crippen LogP contribution in [-0.2, 0) is 0 Å². The molecule has 60 valence electrons. The first-order valence-electron chi connectivity index (χ1n) is 4.02. The van der Waals surface area contributed by atoms with E-state index in [0.717, 1.165) is 11.5 Å². The Morgan fingerprint density at radius 2 is 1.60 bits per heavy atom. The molecule has 0 aliphatic heterocycles. The van der Waals surface area contributed by atoms with Crippen LogP contribution in [0.4, 0.5) is 0 Å². The lowest BCUT2D eigenvalue weighted by Crippen LogP contribution is -2.29. The molecule has 0 heterocycles. The van der Waals surface area contributed by atoms with Gasteiger partial charge in [0.2, 0.25) is 0 Å². The van der Waals surface area contributed by atoms with E-state index >= 15 is 0 Å². The van der Waals surface area contributed by atoms with Crippen molar-refractivity contribution in [3.05, 3.63) is 12.7 Å². The number of rotatable bonds is 3. The molecular formula is C9H20Si. The number of allylic oxidation sites excluding steroid dienone is 1. The predicted octanol–water partition coefficient (Wildman–Crippen LogP) is 3.54. The van der Waals surface area contributed by atoms with Crippen LogP contribution in [0, 0.1) is 5.92 Å². The maximum absolute atomic E-state index is 3.88. The lowest BCUT2D eigenvalue weighted by molar-refractivity contribution is 0.645. The lowest BCUT2D eigenvalue weighted by Gasteiger charge is -2.29. The van der Waals surface area contributed by atoms with E-state index in [1.165, 1.54) is 0 Å². The minimum Gasteiger partial charge on any atom is -0.103 e. The number of hydrogen-bond acceptors (Lipinski definition) is 0. The minimum atomic E-state index is -0.968. The Labute approximate surface area is 66.4 Å². The normalized spacial score (nSPS) is 15.4. The topological polar surface area (TPSA) is 0 Å². The van der Waals surface area contributed by atoms with Crippen LogP contribution < -0.4 is 0 Å². The quantitative estimate of drug-likeness (QED) is 0.433. The van der Waals surface area contributed by atoms with Crippen molar-refractivity contribution in [3.63, 3.8) is 0 Å². The zero-order valence-corrected chi connectivity index (χ0v) is 8.94. The molecular weight excluding hydrogens is 136 g/mol. The Balaban J connectivity index is 4.21. The van der Waals surface area contributed by atoms with Crippen molar-refractivity contribution in [2.75, 3.05) is 0 Å². The highest BCUT2D eigenvalue weighted by atomic mass is 28.3. The average molecular weight is 156 g/mol. The highest BCUT2D eigenvalue weighted by Gasteiger charge is 2.25. The summed E-state index contributed by atoms with van der Waals surface area (Å²) in [6.07, 6.45) is 2.14. The molecule has 0 saturated heterocycles. The van der Waals surface area contributed by atoms with E-state index < -0.39 is 8.07 Å². The summed E-state index contributed by atoms with van der Waals surface area (Å²) in [5.41, 5.74) is 0.771. The molecule has 1 heteroatoms. The SMILES string of the molecule is C=CC(C(C)C)[Si](C)(C)C.